The average Bonchev–Trinajstić information content (AvgIpc) is 3.62. The van der Waals surface area contributed by atoms with Gasteiger partial charge in [-0.2, -0.15) is 0 Å². The van der Waals surface area contributed by atoms with Crippen molar-refractivity contribution in [2.75, 3.05) is 0 Å². The predicted molar refractivity (Wildman–Crippen MR) is 257 cm³/mol. The van der Waals surface area contributed by atoms with E-state index in [1.165, 1.54) is 11.1 Å². The third kappa shape index (κ3) is 8.73. The molecule has 0 spiro atoms. The summed E-state index contributed by atoms with van der Waals surface area (Å²) in [7, 11) is 0. The molecule has 2 heterocycles. The van der Waals surface area contributed by atoms with Crippen LogP contribution in [0, 0.1) is 6.07 Å². The monoisotopic (exact) mass is 995 g/mol. The summed E-state index contributed by atoms with van der Waals surface area (Å²) in [6, 6.07) is 51.2. The van der Waals surface area contributed by atoms with Crippen LogP contribution in [0.2, 0.25) is 0 Å². The Labute approximate surface area is 383 Å². The Kier molecular flexibility index (Phi) is 12.2. The normalized spacial score (nSPS) is 12.2. The average molecular weight is 996 g/mol. The van der Waals surface area contributed by atoms with E-state index in [1.807, 2.05) is 12.3 Å². The number of imidazole rings is 1. The van der Waals surface area contributed by atoms with E-state index in [-0.39, 0.29) is 49.0 Å². The molecule has 0 aliphatic carbocycles. The number of phenolic OH excluding ortho intramolecular Hbond substituents is 1. The first kappa shape index (κ1) is 44.5. The first-order chi connectivity index (χ1) is 28.9. The molecule has 0 radical (unpaired) electrons. The molecule has 6 aromatic carbocycles. The zero-order valence-electron chi connectivity index (χ0n) is 38.0. The van der Waals surface area contributed by atoms with Crippen molar-refractivity contribution in [3.63, 3.8) is 0 Å². The van der Waals surface area contributed by atoms with Gasteiger partial charge in [0, 0.05) is 38.5 Å². The number of benzene rings is 6. The van der Waals surface area contributed by atoms with Gasteiger partial charge in [-0.05, 0) is 85.9 Å². The molecule has 5 heteroatoms. The second kappa shape index (κ2) is 16.9. The second-order valence-electron chi connectivity index (χ2n) is 19.9. The van der Waals surface area contributed by atoms with Crippen molar-refractivity contribution in [1.82, 2.24) is 14.5 Å². The largest absolute Gasteiger partial charge is 0.507 e. The minimum atomic E-state index is -0.164. The molecule has 62 heavy (non-hydrogen) atoms. The number of pyridine rings is 1. The minimum absolute atomic E-state index is 0. The predicted octanol–water partition coefficient (Wildman–Crippen LogP) is 15.3. The van der Waals surface area contributed by atoms with Crippen LogP contribution in [0.3, 0.4) is 0 Å². The number of fused-ring (bicyclic) bond motifs is 1. The second-order valence-corrected chi connectivity index (χ2v) is 19.9. The fourth-order valence-electron chi connectivity index (χ4n) is 8.16. The van der Waals surface area contributed by atoms with Gasteiger partial charge in [0.05, 0.1) is 22.3 Å². The molecular weight excluding hydrogens is 938 g/mol. The molecule has 8 aromatic rings. The van der Waals surface area contributed by atoms with Gasteiger partial charge in [-0.25, -0.2) is 4.98 Å². The van der Waals surface area contributed by atoms with Crippen LogP contribution in [0.5, 0.6) is 5.75 Å². The van der Waals surface area contributed by atoms with Gasteiger partial charge in [0.2, 0.25) is 0 Å². The van der Waals surface area contributed by atoms with Crippen molar-refractivity contribution in [1.29, 1.82) is 0 Å². The van der Waals surface area contributed by atoms with Crippen LogP contribution in [0.4, 0.5) is 0 Å². The maximum atomic E-state index is 12.3. The van der Waals surface area contributed by atoms with Gasteiger partial charge < -0.3 is 5.11 Å². The van der Waals surface area contributed by atoms with E-state index >= 15 is 0 Å². The molecule has 0 amide bonds. The summed E-state index contributed by atoms with van der Waals surface area (Å²) in [6.07, 6.45) is 1.89. The van der Waals surface area contributed by atoms with Crippen LogP contribution in [-0.4, -0.2) is 19.6 Å². The summed E-state index contributed by atoms with van der Waals surface area (Å²) < 4.78 is 2.28. The summed E-state index contributed by atoms with van der Waals surface area (Å²) >= 11 is 0. The number of hydrogen-bond acceptors (Lipinski definition) is 3. The third-order valence-corrected chi connectivity index (χ3v) is 11.9. The summed E-state index contributed by atoms with van der Waals surface area (Å²) in [4.78, 5) is 10.5. The first-order valence-electron chi connectivity index (χ1n) is 21.6. The molecule has 0 fully saturated rings. The van der Waals surface area contributed by atoms with E-state index in [9.17, 15) is 5.11 Å². The van der Waals surface area contributed by atoms with E-state index in [0.29, 0.717) is 11.4 Å². The molecule has 0 atom stereocenters. The van der Waals surface area contributed by atoms with Gasteiger partial charge in [-0.3, -0.25) is 9.55 Å². The number of phenols is 1. The van der Waals surface area contributed by atoms with Gasteiger partial charge in [0.25, 0.3) is 0 Å². The maximum absolute atomic E-state index is 12.3. The quantitative estimate of drug-likeness (QED) is 0.162. The van der Waals surface area contributed by atoms with Gasteiger partial charge in [0.15, 0.2) is 0 Å². The van der Waals surface area contributed by atoms with Gasteiger partial charge >= 0.3 is 0 Å². The number of nitrogens with zero attached hydrogens (tertiary/aromatic N) is 3. The smallest absolute Gasteiger partial charge is 0.148 e. The van der Waals surface area contributed by atoms with E-state index < -0.39 is 0 Å². The fourth-order valence-corrected chi connectivity index (χ4v) is 8.16. The number of rotatable bonds is 7. The van der Waals surface area contributed by atoms with Crippen molar-refractivity contribution >= 4 is 11.0 Å². The fraction of sp³-hybridized carbons (Fsp3) is 0.263. The van der Waals surface area contributed by atoms with E-state index in [1.54, 1.807) is 0 Å². The van der Waals surface area contributed by atoms with E-state index in [2.05, 4.69) is 214 Å². The van der Waals surface area contributed by atoms with Gasteiger partial charge in [-0.1, -0.05) is 178 Å². The Hall–Kier alpha value is -5.57. The summed E-state index contributed by atoms with van der Waals surface area (Å²) in [5, 5.41) is 12.3. The molecule has 0 bridgehead atoms. The third-order valence-electron chi connectivity index (χ3n) is 11.9. The number of aromatic nitrogens is 3. The zero-order valence-corrected chi connectivity index (χ0v) is 40.2. The molecule has 1 N–H and O–H groups in total. The molecule has 318 valence electrons. The van der Waals surface area contributed by atoms with Crippen molar-refractivity contribution in [3.05, 3.63) is 168 Å². The zero-order chi connectivity index (χ0) is 43.4. The Morgan fingerprint density at radius 1 is 0.548 bits per heavy atom. The van der Waals surface area contributed by atoms with Crippen LogP contribution in [-0.2, 0) is 37.3 Å². The number of aromatic hydroxyl groups is 1. The van der Waals surface area contributed by atoms with Gasteiger partial charge in [-0.15, -0.1) is 29.3 Å². The Bertz CT molecular complexity index is 2890. The first-order valence-corrected chi connectivity index (χ1v) is 21.6. The van der Waals surface area contributed by atoms with Crippen molar-refractivity contribution < 1.29 is 26.2 Å². The Balaban J connectivity index is 0.00000578. The number of para-hydroxylation sites is 1. The van der Waals surface area contributed by atoms with E-state index in [0.717, 1.165) is 72.5 Å². The van der Waals surface area contributed by atoms with Crippen molar-refractivity contribution in [2.24, 2.45) is 0 Å². The maximum Gasteiger partial charge on any atom is 0.148 e. The molecule has 4 nitrogen and oxygen atoms in total. The van der Waals surface area contributed by atoms with Crippen LogP contribution < -0.4 is 0 Å². The molecule has 0 unspecified atom stereocenters. The molecule has 0 saturated carbocycles. The summed E-state index contributed by atoms with van der Waals surface area (Å²) in [6.45, 7) is 24.5. The Morgan fingerprint density at radius 2 is 1.15 bits per heavy atom. The van der Waals surface area contributed by atoms with Crippen molar-refractivity contribution in [3.8, 4) is 67.5 Å². The number of hydrogen-bond donors (Lipinski definition) is 1. The molecule has 0 aliphatic rings. The topological polar surface area (TPSA) is 50.9 Å². The summed E-state index contributed by atoms with van der Waals surface area (Å²) in [5.74, 6) is 1.06. The molecule has 2 aromatic heterocycles. The molecular formula is C57H58N3OPt-. The van der Waals surface area contributed by atoms with Crippen LogP contribution in [0.15, 0.2) is 140 Å². The molecule has 8 rings (SSSR count). The van der Waals surface area contributed by atoms with E-state index in [4.69, 9.17) is 9.97 Å². The summed E-state index contributed by atoms with van der Waals surface area (Å²) in [5.41, 5.74) is 15.8. The Morgan fingerprint density at radius 3 is 1.77 bits per heavy atom. The molecule has 0 saturated heterocycles. The minimum Gasteiger partial charge on any atom is -0.507 e. The van der Waals surface area contributed by atoms with Crippen LogP contribution >= 0.6 is 0 Å². The van der Waals surface area contributed by atoms with Crippen molar-refractivity contribution in [2.45, 2.75) is 98.3 Å². The standard InChI is InChI=1S/C57H58N3O.Pt/c1-36(2)46-34-44(57(9,10)11)35-48(53(46)61)54-59-52-45(23-18-24-51(52)60(54)50-26-25-42(55(3,4)5)33-47(50)38-21-16-13-17-22-38)40-29-41(31-43(30-40)56(6,7)8)49-32-39(27-28-58-49)37-19-14-12-15-20-37;/h12-28,30-36,61H,1-11H3;/q-1;. The van der Waals surface area contributed by atoms with Crippen LogP contribution in [0.1, 0.15) is 104 Å². The SMILES string of the molecule is CC(C)c1cc(C(C)(C)C)cc(-c2nc3c(-c4[c-]c(-c5cc(-c6ccccc6)ccn5)cc(C(C)(C)C)c4)cccc3n2-c2ccc(C(C)(C)C)cc2-c2ccccc2)c1O.[Pt]. The van der Waals surface area contributed by atoms with Crippen LogP contribution in [0.25, 0.3) is 72.7 Å². The molecule has 0 aliphatic heterocycles. The van der Waals surface area contributed by atoms with Gasteiger partial charge in [0.1, 0.15) is 11.6 Å².